The second-order valence-corrected chi connectivity index (χ2v) is 6.80. The predicted octanol–water partition coefficient (Wildman–Crippen LogP) is 4.29. The molecule has 2 aromatic carbocycles. The van der Waals surface area contributed by atoms with Crippen molar-refractivity contribution in [2.75, 3.05) is 16.0 Å². The molecule has 1 heterocycles. The number of rotatable bonds is 7. The molecule has 0 radical (unpaired) electrons. The molecule has 3 aromatic rings. The fraction of sp³-hybridized carbons (Fsp3) is 0.0476. The van der Waals surface area contributed by atoms with E-state index in [4.69, 9.17) is 17.3 Å². The molecule has 1 aromatic heterocycles. The molecule has 0 bridgehead atoms. The largest absolute Gasteiger partial charge is 0.366 e. The van der Waals surface area contributed by atoms with Crippen molar-refractivity contribution in [2.24, 2.45) is 5.73 Å². The van der Waals surface area contributed by atoms with Crippen molar-refractivity contribution in [3.8, 4) is 0 Å². The van der Waals surface area contributed by atoms with Gasteiger partial charge in [0, 0.05) is 5.69 Å². The highest BCUT2D eigenvalue weighted by atomic mass is 35.5. The number of para-hydroxylation sites is 2. The molecule has 5 N–H and O–H groups in total. The molecule has 0 saturated heterocycles. The molecule has 3 rings (SSSR count). The topological polar surface area (TPSA) is 122 Å². The lowest BCUT2D eigenvalue weighted by atomic mass is 10.1. The Labute approximate surface area is 182 Å². The first-order valence-corrected chi connectivity index (χ1v) is 9.35. The van der Waals surface area contributed by atoms with Crippen LogP contribution in [0.15, 0.2) is 55.3 Å². The molecular formula is C21H18ClFN6O2. The molecule has 158 valence electrons. The Morgan fingerprint density at radius 3 is 2.55 bits per heavy atom. The number of anilines is 5. The number of aryl methyl sites for hydroxylation is 1. The Balaban J connectivity index is 1.91. The molecule has 31 heavy (non-hydrogen) atoms. The minimum Gasteiger partial charge on any atom is -0.366 e. The van der Waals surface area contributed by atoms with Crippen molar-refractivity contribution in [3.63, 3.8) is 0 Å². The highest BCUT2D eigenvalue weighted by molar-refractivity contribution is 6.33. The summed E-state index contributed by atoms with van der Waals surface area (Å²) in [6.07, 6.45) is 2.53. The average Bonchev–Trinajstić information content (AvgIpc) is 2.73. The van der Waals surface area contributed by atoms with Crippen LogP contribution in [0.3, 0.4) is 0 Å². The molecule has 0 aliphatic heterocycles. The maximum Gasteiger partial charge on any atom is 0.251 e. The van der Waals surface area contributed by atoms with Gasteiger partial charge >= 0.3 is 0 Å². The van der Waals surface area contributed by atoms with Crippen LogP contribution in [0, 0.1) is 12.7 Å². The lowest BCUT2D eigenvalue weighted by molar-refractivity contribution is -0.111. The van der Waals surface area contributed by atoms with Crippen LogP contribution >= 0.6 is 11.6 Å². The Bertz CT molecular complexity index is 1180. The molecule has 10 heteroatoms. The number of nitrogens with two attached hydrogens (primary N) is 1. The minimum atomic E-state index is -0.891. The monoisotopic (exact) mass is 440 g/mol. The lowest BCUT2D eigenvalue weighted by Crippen LogP contribution is -2.14. The van der Waals surface area contributed by atoms with Gasteiger partial charge in [0.2, 0.25) is 11.9 Å². The van der Waals surface area contributed by atoms with E-state index in [1.54, 1.807) is 31.2 Å². The van der Waals surface area contributed by atoms with E-state index in [9.17, 15) is 14.0 Å². The standard InChI is InChI=1S/C21H18ClFN6O2/c1-3-18(30)26-15-6-4-5-7-16(15)27-20-13(22)10-25-21(29-20)28-17-9-12(19(24)31)14(23)8-11(17)2/h3-10H,1H2,2H3,(H2,24,31)(H,26,30)(H2,25,27,28,29). The number of aromatic nitrogens is 2. The van der Waals surface area contributed by atoms with Gasteiger partial charge < -0.3 is 21.7 Å². The molecule has 0 unspecified atom stereocenters. The van der Waals surface area contributed by atoms with E-state index in [0.717, 1.165) is 6.08 Å². The number of hydrogen-bond acceptors (Lipinski definition) is 6. The number of nitrogens with one attached hydrogen (secondary N) is 3. The predicted molar refractivity (Wildman–Crippen MR) is 119 cm³/mol. The van der Waals surface area contributed by atoms with E-state index in [1.807, 2.05) is 0 Å². The van der Waals surface area contributed by atoms with Crippen molar-refractivity contribution in [1.82, 2.24) is 9.97 Å². The molecule has 0 atom stereocenters. The molecule has 0 saturated carbocycles. The number of nitrogens with zero attached hydrogens (tertiary/aromatic N) is 2. The van der Waals surface area contributed by atoms with Gasteiger partial charge in [-0.1, -0.05) is 30.3 Å². The highest BCUT2D eigenvalue weighted by Gasteiger charge is 2.14. The SMILES string of the molecule is C=CC(=O)Nc1ccccc1Nc1nc(Nc2cc(C(N)=O)c(F)cc2C)ncc1Cl. The van der Waals surface area contributed by atoms with Crippen LogP contribution in [-0.2, 0) is 4.79 Å². The smallest absolute Gasteiger partial charge is 0.251 e. The van der Waals surface area contributed by atoms with Crippen molar-refractivity contribution in [3.05, 3.63) is 77.2 Å². The van der Waals surface area contributed by atoms with Crippen LogP contribution in [0.2, 0.25) is 5.02 Å². The van der Waals surface area contributed by atoms with E-state index < -0.39 is 11.7 Å². The number of primary amides is 1. The van der Waals surface area contributed by atoms with Crippen LogP contribution in [-0.4, -0.2) is 21.8 Å². The number of halogens is 2. The third-order valence-electron chi connectivity index (χ3n) is 4.19. The molecule has 0 spiro atoms. The van der Waals surface area contributed by atoms with Crippen molar-refractivity contribution >= 4 is 52.2 Å². The van der Waals surface area contributed by atoms with Gasteiger partial charge in [0.25, 0.3) is 5.91 Å². The molecule has 0 aliphatic rings. The zero-order valence-electron chi connectivity index (χ0n) is 16.4. The van der Waals surface area contributed by atoms with Crippen molar-refractivity contribution in [1.29, 1.82) is 0 Å². The number of hydrogen-bond donors (Lipinski definition) is 4. The molecule has 2 amide bonds. The van der Waals surface area contributed by atoms with Crippen LogP contribution in [0.25, 0.3) is 0 Å². The first kappa shape index (κ1) is 21.7. The van der Waals surface area contributed by atoms with Crippen molar-refractivity contribution < 1.29 is 14.0 Å². The Hall–Kier alpha value is -3.98. The zero-order chi connectivity index (χ0) is 22.5. The Morgan fingerprint density at radius 1 is 1.16 bits per heavy atom. The van der Waals surface area contributed by atoms with E-state index in [0.29, 0.717) is 22.6 Å². The van der Waals surface area contributed by atoms with Gasteiger partial charge in [0.05, 0.1) is 23.1 Å². The van der Waals surface area contributed by atoms with Crippen molar-refractivity contribution in [2.45, 2.75) is 6.92 Å². The van der Waals surface area contributed by atoms with Gasteiger partial charge in [-0.25, -0.2) is 9.37 Å². The van der Waals surface area contributed by atoms with Gasteiger partial charge in [-0.15, -0.1) is 0 Å². The second-order valence-electron chi connectivity index (χ2n) is 6.39. The fourth-order valence-corrected chi connectivity index (χ4v) is 2.78. The van der Waals surface area contributed by atoms with Gasteiger partial charge in [-0.2, -0.15) is 4.98 Å². The summed E-state index contributed by atoms with van der Waals surface area (Å²) in [6.45, 7) is 5.09. The number of carbonyl (C=O) groups is 2. The lowest BCUT2D eigenvalue weighted by Gasteiger charge is -2.14. The van der Waals surface area contributed by atoms with Gasteiger partial charge in [0.1, 0.15) is 10.8 Å². The van der Waals surface area contributed by atoms with Crippen LogP contribution in [0.4, 0.5) is 33.2 Å². The van der Waals surface area contributed by atoms with Crippen LogP contribution in [0.1, 0.15) is 15.9 Å². The quantitative estimate of drug-likeness (QED) is 0.406. The summed E-state index contributed by atoms with van der Waals surface area (Å²) in [5.41, 5.74) is 6.92. The van der Waals surface area contributed by atoms with E-state index in [1.165, 1.54) is 18.3 Å². The third kappa shape index (κ3) is 5.14. The van der Waals surface area contributed by atoms with Crippen LogP contribution in [0.5, 0.6) is 0 Å². The van der Waals surface area contributed by atoms with E-state index >= 15 is 0 Å². The second kappa shape index (κ2) is 9.23. The average molecular weight is 441 g/mol. The van der Waals surface area contributed by atoms with Crippen LogP contribution < -0.4 is 21.7 Å². The van der Waals surface area contributed by atoms with Gasteiger partial charge in [-0.3, -0.25) is 9.59 Å². The number of amides is 2. The summed E-state index contributed by atoms with van der Waals surface area (Å²) in [6, 6.07) is 9.44. The van der Waals surface area contributed by atoms with Gasteiger partial charge in [0.15, 0.2) is 5.82 Å². The maximum atomic E-state index is 13.9. The summed E-state index contributed by atoms with van der Waals surface area (Å²) in [5, 5.41) is 8.88. The fourth-order valence-electron chi connectivity index (χ4n) is 2.64. The first-order chi connectivity index (χ1) is 14.8. The Morgan fingerprint density at radius 2 is 1.87 bits per heavy atom. The molecule has 0 fully saturated rings. The summed E-state index contributed by atoms with van der Waals surface area (Å²) in [4.78, 5) is 31.5. The van der Waals surface area contributed by atoms with E-state index in [-0.39, 0.29) is 28.3 Å². The van der Waals surface area contributed by atoms with Gasteiger partial charge in [-0.05, 0) is 42.8 Å². The summed E-state index contributed by atoms with van der Waals surface area (Å²) in [7, 11) is 0. The molecule has 0 aliphatic carbocycles. The summed E-state index contributed by atoms with van der Waals surface area (Å²) >= 11 is 6.22. The summed E-state index contributed by atoms with van der Waals surface area (Å²) < 4.78 is 13.9. The molecule has 8 nitrogen and oxygen atoms in total. The van der Waals surface area contributed by atoms with E-state index in [2.05, 4.69) is 32.5 Å². The number of carbonyl (C=O) groups excluding carboxylic acids is 2. The number of benzene rings is 2. The summed E-state index contributed by atoms with van der Waals surface area (Å²) in [5.74, 6) is -1.58. The highest BCUT2D eigenvalue weighted by Crippen LogP contribution is 2.30. The normalized spacial score (nSPS) is 10.3. The minimum absolute atomic E-state index is 0.143. The third-order valence-corrected chi connectivity index (χ3v) is 4.47. The maximum absolute atomic E-state index is 13.9. The molecular weight excluding hydrogens is 423 g/mol. The Kier molecular flexibility index (Phi) is 6.46. The first-order valence-electron chi connectivity index (χ1n) is 8.97. The zero-order valence-corrected chi connectivity index (χ0v) is 17.1.